The van der Waals surface area contributed by atoms with E-state index in [2.05, 4.69) is 17.1 Å². The molecule has 0 aliphatic heterocycles. The molecule has 0 aliphatic rings. The van der Waals surface area contributed by atoms with Crippen LogP contribution in [0.4, 0.5) is 0 Å². The second kappa shape index (κ2) is 5.49. The summed E-state index contributed by atoms with van der Waals surface area (Å²) in [5.41, 5.74) is 6.15. The van der Waals surface area contributed by atoms with Gasteiger partial charge in [0.1, 0.15) is 0 Å². The maximum absolute atomic E-state index is 8.49. The summed E-state index contributed by atoms with van der Waals surface area (Å²) >= 11 is 1.66. The molecule has 0 spiro atoms. The maximum atomic E-state index is 8.49. The molecular formula is C9H13N3OS. The highest BCUT2D eigenvalue weighted by Gasteiger charge is 2.01. The molecule has 1 aromatic rings. The van der Waals surface area contributed by atoms with Crippen molar-refractivity contribution in [2.75, 3.05) is 5.75 Å². The van der Waals surface area contributed by atoms with E-state index < -0.39 is 0 Å². The van der Waals surface area contributed by atoms with Crippen LogP contribution in [0.5, 0.6) is 0 Å². The highest BCUT2D eigenvalue weighted by atomic mass is 32.2. The van der Waals surface area contributed by atoms with Gasteiger partial charge in [-0.3, -0.25) is 0 Å². The molecule has 0 amide bonds. The third kappa shape index (κ3) is 2.92. The molecular weight excluding hydrogens is 198 g/mol. The van der Waals surface area contributed by atoms with Crippen LogP contribution in [-0.4, -0.2) is 21.8 Å². The van der Waals surface area contributed by atoms with Crippen molar-refractivity contribution in [1.29, 1.82) is 0 Å². The van der Waals surface area contributed by atoms with E-state index in [0.717, 1.165) is 17.2 Å². The van der Waals surface area contributed by atoms with E-state index in [1.54, 1.807) is 24.0 Å². The largest absolute Gasteiger partial charge is 0.409 e. The average Bonchev–Trinajstić information content (AvgIpc) is 2.25. The number of amidine groups is 1. The van der Waals surface area contributed by atoms with E-state index in [9.17, 15) is 0 Å². The average molecular weight is 211 g/mol. The third-order valence-electron chi connectivity index (χ3n) is 1.59. The van der Waals surface area contributed by atoms with Crippen LogP contribution in [0.2, 0.25) is 0 Å². The third-order valence-corrected chi connectivity index (χ3v) is 2.72. The maximum Gasteiger partial charge on any atom is 0.170 e. The van der Waals surface area contributed by atoms with Gasteiger partial charge in [-0.25, -0.2) is 4.98 Å². The molecule has 0 bridgehead atoms. The van der Waals surface area contributed by atoms with Gasteiger partial charge < -0.3 is 10.9 Å². The molecule has 1 heterocycles. The summed E-state index contributed by atoms with van der Waals surface area (Å²) in [4.78, 5) is 4.16. The first-order valence-corrected chi connectivity index (χ1v) is 5.33. The van der Waals surface area contributed by atoms with Crippen LogP contribution in [-0.2, 0) is 0 Å². The normalized spacial score (nSPS) is 11.6. The standard InChI is InChI=1S/C9H13N3OS/c1-2-5-14-8-6-7(3-4-11-8)9(10)12-13/h3-4,6,13H,2,5H2,1H3,(H2,10,12). The minimum absolute atomic E-state index is 0.116. The van der Waals surface area contributed by atoms with Gasteiger partial charge in [0.2, 0.25) is 0 Å². The number of oxime groups is 1. The van der Waals surface area contributed by atoms with Crippen molar-refractivity contribution in [2.45, 2.75) is 18.4 Å². The molecule has 4 nitrogen and oxygen atoms in total. The van der Waals surface area contributed by atoms with E-state index >= 15 is 0 Å². The van der Waals surface area contributed by atoms with E-state index in [1.165, 1.54) is 0 Å². The lowest BCUT2D eigenvalue weighted by atomic mass is 10.2. The highest BCUT2D eigenvalue weighted by molar-refractivity contribution is 7.99. The molecule has 0 aliphatic carbocycles. The Labute approximate surface area is 87.2 Å². The van der Waals surface area contributed by atoms with Crippen LogP contribution in [0.3, 0.4) is 0 Å². The summed E-state index contributed by atoms with van der Waals surface area (Å²) in [7, 11) is 0. The molecule has 1 aromatic heterocycles. The second-order valence-electron chi connectivity index (χ2n) is 2.72. The molecule has 14 heavy (non-hydrogen) atoms. The molecule has 0 unspecified atom stereocenters. The van der Waals surface area contributed by atoms with Crippen LogP contribution in [0.1, 0.15) is 18.9 Å². The van der Waals surface area contributed by atoms with Crippen LogP contribution in [0.25, 0.3) is 0 Å². The van der Waals surface area contributed by atoms with Crippen molar-refractivity contribution in [2.24, 2.45) is 10.9 Å². The molecule has 76 valence electrons. The molecule has 0 saturated heterocycles. The number of nitrogens with two attached hydrogens (primary N) is 1. The smallest absolute Gasteiger partial charge is 0.170 e. The van der Waals surface area contributed by atoms with Crippen LogP contribution < -0.4 is 5.73 Å². The summed E-state index contributed by atoms with van der Waals surface area (Å²) in [6.07, 6.45) is 2.76. The van der Waals surface area contributed by atoms with Gasteiger partial charge in [-0.2, -0.15) is 0 Å². The fourth-order valence-electron chi connectivity index (χ4n) is 0.912. The van der Waals surface area contributed by atoms with Gasteiger partial charge in [0, 0.05) is 11.8 Å². The Kier molecular flexibility index (Phi) is 4.25. The number of nitrogens with zero attached hydrogens (tertiary/aromatic N) is 2. The summed E-state index contributed by atoms with van der Waals surface area (Å²) in [5.74, 6) is 1.14. The van der Waals surface area contributed by atoms with Gasteiger partial charge >= 0.3 is 0 Å². The molecule has 1 rings (SSSR count). The number of thioether (sulfide) groups is 1. The fraction of sp³-hybridized carbons (Fsp3) is 0.333. The van der Waals surface area contributed by atoms with Crippen LogP contribution in [0.15, 0.2) is 28.5 Å². The Hall–Kier alpha value is -1.23. The Morgan fingerprint density at radius 3 is 3.14 bits per heavy atom. The Morgan fingerprint density at radius 2 is 2.50 bits per heavy atom. The zero-order chi connectivity index (χ0) is 10.4. The van der Waals surface area contributed by atoms with Gasteiger partial charge in [0.05, 0.1) is 5.03 Å². The molecule has 0 aromatic carbocycles. The zero-order valence-electron chi connectivity index (χ0n) is 7.97. The quantitative estimate of drug-likeness (QED) is 0.261. The lowest BCUT2D eigenvalue weighted by Gasteiger charge is -2.01. The zero-order valence-corrected chi connectivity index (χ0v) is 8.79. The first kappa shape index (κ1) is 10.8. The van der Waals surface area contributed by atoms with Crippen molar-refractivity contribution in [3.63, 3.8) is 0 Å². The van der Waals surface area contributed by atoms with E-state index in [-0.39, 0.29) is 5.84 Å². The number of hydrogen-bond donors (Lipinski definition) is 2. The van der Waals surface area contributed by atoms with Gasteiger partial charge in [-0.15, -0.1) is 11.8 Å². The fourth-order valence-corrected chi connectivity index (χ4v) is 1.67. The Balaban J connectivity index is 2.79. The summed E-state index contributed by atoms with van der Waals surface area (Å²) in [6, 6.07) is 3.53. The van der Waals surface area contributed by atoms with E-state index in [4.69, 9.17) is 10.9 Å². The predicted molar refractivity (Wildman–Crippen MR) is 57.8 cm³/mol. The van der Waals surface area contributed by atoms with Crippen molar-refractivity contribution in [3.05, 3.63) is 23.9 Å². The van der Waals surface area contributed by atoms with Crippen LogP contribution >= 0.6 is 11.8 Å². The second-order valence-corrected chi connectivity index (χ2v) is 3.83. The molecule has 5 heteroatoms. The minimum Gasteiger partial charge on any atom is -0.409 e. The van der Waals surface area contributed by atoms with E-state index in [1.807, 2.05) is 6.07 Å². The summed E-state index contributed by atoms with van der Waals surface area (Å²) < 4.78 is 0. The summed E-state index contributed by atoms with van der Waals surface area (Å²) in [5, 5.41) is 12.3. The van der Waals surface area contributed by atoms with Crippen molar-refractivity contribution in [1.82, 2.24) is 4.98 Å². The SMILES string of the molecule is CCCSc1cc(/C(N)=N/O)ccn1. The molecule has 0 fully saturated rings. The minimum atomic E-state index is 0.116. The first-order valence-electron chi connectivity index (χ1n) is 4.34. The highest BCUT2D eigenvalue weighted by Crippen LogP contribution is 2.16. The monoisotopic (exact) mass is 211 g/mol. The van der Waals surface area contributed by atoms with Gasteiger partial charge in [-0.05, 0) is 24.3 Å². The molecule has 0 saturated carbocycles. The van der Waals surface area contributed by atoms with Crippen molar-refractivity contribution < 1.29 is 5.21 Å². The first-order chi connectivity index (χ1) is 6.77. The van der Waals surface area contributed by atoms with Gasteiger partial charge in [0.15, 0.2) is 5.84 Å². The Morgan fingerprint density at radius 1 is 1.71 bits per heavy atom. The topological polar surface area (TPSA) is 71.5 Å². The molecule has 0 atom stereocenters. The van der Waals surface area contributed by atoms with Crippen molar-refractivity contribution >= 4 is 17.6 Å². The number of hydrogen-bond acceptors (Lipinski definition) is 4. The lowest BCUT2D eigenvalue weighted by molar-refractivity contribution is 0.318. The number of rotatable bonds is 4. The van der Waals surface area contributed by atoms with Gasteiger partial charge in [0.25, 0.3) is 0 Å². The molecule has 3 N–H and O–H groups in total. The van der Waals surface area contributed by atoms with Gasteiger partial charge in [-0.1, -0.05) is 12.1 Å². The number of pyridine rings is 1. The Bertz CT molecular complexity index is 328. The van der Waals surface area contributed by atoms with E-state index in [0.29, 0.717) is 5.56 Å². The summed E-state index contributed by atoms with van der Waals surface area (Å²) in [6.45, 7) is 2.11. The van der Waals surface area contributed by atoms with Crippen LogP contribution in [0, 0.1) is 0 Å². The lowest BCUT2D eigenvalue weighted by Crippen LogP contribution is -2.13. The molecule has 0 radical (unpaired) electrons. The number of aromatic nitrogens is 1. The van der Waals surface area contributed by atoms with Crippen molar-refractivity contribution in [3.8, 4) is 0 Å². The predicted octanol–water partition coefficient (Wildman–Crippen LogP) is 1.68.